The van der Waals surface area contributed by atoms with E-state index in [0.29, 0.717) is 25.5 Å². The first-order valence-corrected chi connectivity index (χ1v) is 5.57. The number of rotatable bonds is 5. The molecule has 2 rings (SSSR count). The van der Waals surface area contributed by atoms with E-state index < -0.39 is 17.8 Å². The summed E-state index contributed by atoms with van der Waals surface area (Å²) in [6, 6.07) is -0.554. The number of amides is 1. The fourth-order valence-corrected chi connectivity index (χ4v) is 1.95. The smallest absolute Gasteiger partial charge is 0.328 e. The van der Waals surface area contributed by atoms with E-state index in [4.69, 9.17) is 4.74 Å². The summed E-state index contributed by atoms with van der Waals surface area (Å²) >= 11 is 0. The molecule has 0 aromatic carbocycles. The number of ketones is 1. The summed E-state index contributed by atoms with van der Waals surface area (Å²) in [4.78, 5) is 43.5. The highest BCUT2D eigenvalue weighted by atomic mass is 16.5. The predicted molar refractivity (Wildman–Crippen MR) is 54.8 cm³/mol. The quantitative estimate of drug-likeness (QED) is 0.386. The molecular formula is C11H13NO5. The van der Waals surface area contributed by atoms with Gasteiger partial charge in [-0.25, -0.2) is 4.79 Å². The molecule has 2 unspecified atom stereocenters. The van der Waals surface area contributed by atoms with Crippen LogP contribution in [-0.2, 0) is 23.9 Å². The second kappa shape index (κ2) is 4.65. The highest BCUT2D eigenvalue weighted by Crippen LogP contribution is 2.38. The molecule has 0 aromatic rings. The van der Waals surface area contributed by atoms with Crippen molar-refractivity contribution < 1.29 is 23.9 Å². The SMILES string of the molecule is O=CC(=O)C1CC1COC(=O)[C@@H]1CCC(=O)N1. The Morgan fingerprint density at radius 1 is 1.47 bits per heavy atom. The number of carbonyl (C=O) groups excluding carboxylic acids is 4. The third kappa shape index (κ3) is 2.69. The minimum absolute atomic E-state index is 0.0336. The summed E-state index contributed by atoms with van der Waals surface area (Å²) in [7, 11) is 0. The minimum atomic E-state index is -0.554. The van der Waals surface area contributed by atoms with Gasteiger partial charge in [-0.1, -0.05) is 0 Å². The second-order valence-corrected chi connectivity index (χ2v) is 4.41. The van der Waals surface area contributed by atoms with Gasteiger partial charge in [0, 0.05) is 18.3 Å². The van der Waals surface area contributed by atoms with Gasteiger partial charge in [-0.3, -0.25) is 14.4 Å². The van der Waals surface area contributed by atoms with E-state index >= 15 is 0 Å². The third-order valence-corrected chi connectivity index (χ3v) is 3.12. The molecular weight excluding hydrogens is 226 g/mol. The van der Waals surface area contributed by atoms with Crippen LogP contribution in [0.2, 0.25) is 0 Å². The summed E-state index contributed by atoms with van der Waals surface area (Å²) in [5.41, 5.74) is 0. The molecule has 0 radical (unpaired) electrons. The highest BCUT2D eigenvalue weighted by Gasteiger charge is 2.43. The lowest BCUT2D eigenvalue weighted by atomic mass is 10.2. The average Bonchev–Trinajstić information content (AvgIpc) is 2.98. The van der Waals surface area contributed by atoms with Crippen LogP contribution < -0.4 is 5.32 Å². The molecule has 1 saturated heterocycles. The first kappa shape index (κ1) is 11.8. The van der Waals surface area contributed by atoms with E-state index in [1.54, 1.807) is 0 Å². The Morgan fingerprint density at radius 2 is 2.24 bits per heavy atom. The van der Waals surface area contributed by atoms with Crippen molar-refractivity contribution >= 4 is 23.9 Å². The van der Waals surface area contributed by atoms with Gasteiger partial charge in [0.05, 0.1) is 6.61 Å². The molecule has 0 bridgehead atoms. The average molecular weight is 239 g/mol. The van der Waals surface area contributed by atoms with Crippen molar-refractivity contribution in [2.24, 2.45) is 11.8 Å². The van der Waals surface area contributed by atoms with Gasteiger partial charge in [0.2, 0.25) is 5.91 Å². The van der Waals surface area contributed by atoms with Crippen molar-refractivity contribution in [2.45, 2.75) is 25.3 Å². The molecule has 6 nitrogen and oxygen atoms in total. The largest absolute Gasteiger partial charge is 0.464 e. The third-order valence-electron chi connectivity index (χ3n) is 3.12. The molecule has 1 aliphatic heterocycles. The van der Waals surface area contributed by atoms with Crippen LogP contribution in [0.15, 0.2) is 0 Å². The highest BCUT2D eigenvalue weighted by molar-refractivity contribution is 6.26. The summed E-state index contributed by atoms with van der Waals surface area (Å²) < 4.78 is 5.00. The molecule has 92 valence electrons. The molecule has 1 aliphatic carbocycles. The summed E-state index contributed by atoms with van der Waals surface area (Å²) in [6.45, 7) is 0.148. The maximum Gasteiger partial charge on any atom is 0.328 e. The molecule has 2 fully saturated rings. The minimum Gasteiger partial charge on any atom is -0.464 e. The van der Waals surface area contributed by atoms with E-state index in [0.717, 1.165) is 0 Å². The van der Waals surface area contributed by atoms with Crippen LogP contribution in [0.25, 0.3) is 0 Å². The van der Waals surface area contributed by atoms with Gasteiger partial charge in [0.15, 0.2) is 12.1 Å². The van der Waals surface area contributed by atoms with E-state index in [1.165, 1.54) is 0 Å². The topological polar surface area (TPSA) is 89.5 Å². The summed E-state index contributed by atoms with van der Waals surface area (Å²) in [6.07, 6.45) is 1.71. The lowest BCUT2D eigenvalue weighted by molar-refractivity contribution is -0.147. The Balaban J connectivity index is 1.69. The van der Waals surface area contributed by atoms with E-state index in [1.807, 2.05) is 0 Å². The van der Waals surface area contributed by atoms with Crippen molar-refractivity contribution in [1.82, 2.24) is 5.32 Å². The Bertz CT molecular complexity index is 378. The molecule has 3 atom stereocenters. The van der Waals surface area contributed by atoms with Crippen molar-refractivity contribution in [3.05, 3.63) is 0 Å². The fraction of sp³-hybridized carbons (Fsp3) is 0.636. The molecule has 1 N–H and O–H groups in total. The van der Waals surface area contributed by atoms with Gasteiger partial charge in [-0.15, -0.1) is 0 Å². The Morgan fingerprint density at radius 3 is 2.82 bits per heavy atom. The van der Waals surface area contributed by atoms with Crippen LogP contribution >= 0.6 is 0 Å². The molecule has 1 amide bonds. The summed E-state index contributed by atoms with van der Waals surface area (Å²) in [5.74, 6) is -1.35. The number of esters is 1. The fourth-order valence-electron chi connectivity index (χ4n) is 1.95. The zero-order valence-electron chi connectivity index (χ0n) is 9.18. The number of Topliss-reactive ketones (excluding diaryl/α,β-unsaturated/α-hetero) is 1. The molecule has 1 heterocycles. The van der Waals surface area contributed by atoms with E-state index in [9.17, 15) is 19.2 Å². The Labute approximate surface area is 97.7 Å². The summed E-state index contributed by atoms with van der Waals surface area (Å²) in [5, 5.41) is 2.51. The van der Waals surface area contributed by atoms with Gasteiger partial charge in [0.1, 0.15) is 6.04 Å². The second-order valence-electron chi connectivity index (χ2n) is 4.41. The monoisotopic (exact) mass is 239 g/mol. The molecule has 6 heteroatoms. The normalized spacial score (nSPS) is 30.6. The molecule has 0 spiro atoms. The predicted octanol–water partition coefficient (Wildman–Crippen LogP) is -0.788. The van der Waals surface area contributed by atoms with Crippen LogP contribution in [0.4, 0.5) is 0 Å². The van der Waals surface area contributed by atoms with Crippen LogP contribution in [0.5, 0.6) is 0 Å². The van der Waals surface area contributed by atoms with Crippen LogP contribution in [0.1, 0.15) is 19.3 Å². The van der Waals surface area contributed by atoms with Crippen molar-refractivity contribution in [3.8, 4) is 0 Å². The Kier molecular flexibility index (Phi) is 3.21. The van der Waals surface area contributed by atoms with Crippen molar-refractivity contribution in [2.75, 3.05) is 6.61 Å². The number of nitrogens with one attached hydrogen (secondary N) is 1. The van der Waals surface area contributed by atoms with Gasteiger partial charge in [-0.2, -0.15) is 0 Å². The Hall–Kier alpha value is -1.72. The molecule has 2 aliphatic rings. The molecule has 0 aromatic heterocycles. The van der Waals surface area contributed by atoms with Crippen LogP contribution in [0, 0.1) is 11.8 Å². The molecule has 17 heavy (non-hydrogen) atoms. The first-order chi connectivity index (χ1) is 8.11. The van der Waals surface area contributed by atoms with Gasteiger partial charge < -0.3 is 10.1 Å². The van der Waals surface area contributed by atoms with Crippen molar-refractivity contribution in [1.29, 1.82) is 0 Å². The zero-order valence-corrected chi connectivity index (χ0v) is 9.18. The zero-order chi connectivity index (χ0) is 12.4. The molecule has 1 saturated carbocycles. The van der Waals surface area contributed by atoms with E-state index in [-0.39, 0.29) is 24.3 Å². The first-order valence-electron chi connectivity index (χ1n) is 5.57. The van der Waals surface area contributed by atoms with Gasteiger partial charge in [0.25, 0.3) is 0 Å². The van der Waals surface area contributed by atoms with Crippen LogP contribution in [0.3, 0.4) is 0 Å². The van der Waals surface area contributed by atoms with Gasteiger partial charge in [-0.05, 0) is 12.8 Å². The number of aldehydes is 1. The maximum absolute atomic E-state index is 11.5. The lowest BCUT2D eigenvalue weighted by Gasteiger charge is -2.09. The van der Waals surface area contributed by atoms with Gasteiger partial charge >= 0.3 is 5.97 Å². The van der Waals surface area contributed by atoms with E-state index in [2.05, 4.69) is 5.32 Å². The number of hydrogen-bond acceptors (Lipinski definition) is 5. The van der Waals surface area contributed by atoms with Crippen molar-refractivity contribution in [3.63, 3.8) is 0 Å². The lowest BCUT2D eigenvalue weighted by Crippen LogP contribution is -2.34. The number of ether oxygens (including phenoxy) is 1. The number of carbonyl (C=O) groups is 4. The standard InChI is InChI=1S/C11H13NO5/c13-4-9(14)7-3-6(7)5-17-11(16)8-1-2-10(15)12-8/h4,6-8H,1-3,5H2,(H,12,15)/t6?,7?,8-/m0/s1. The number of hydrogen-bond donors (Lipinski definition) is 1. The maximum atomic E-state index is 11.5. The van der Waals surface area contributed by atoms with Crippen LogP contribution in [-0.4, -0.2) is 36.6 Å².